The molecule has 1 heterocycles. The van der Waals surface area contributed by atoms with Crippen LogP contribution in [0, 0.1) is 0 Å². The Balaban J connectivity index is 1.80. The highest BCUT2D eigenvalue weighted by Crippen LogP contribution is 2.32. The van der Waals surface area contributed by atoms with Crippen LogP contribution < -0.4 is 25.8 Å². The van der Waals surface area contributed by atoms with Crippen LogP contribution >= 0.6 is 0 Å². The van der Waals surface area contributed by atoms with E-state index in [2.05, 4.69) is 5.32 Å². The van der Waals surface area contributed by atoms with E-state index in [1.165, 1.54) is 0 Å². The lowest BCUT2D eigenvalue weighted by atomic mass is 10.2. The Labute approximate surface area is 103 Å². The molecule has 0 bridgehead atoms. The molecule has 1 aromatic rings. The van der Waals surface area contributed by atoms with Gasteiger partial charge in [0.25, 0.3) is 0 Å². The SMILES string of the molecule is NC(=O)NC(=O)CNCc1ccc2c(c1)OCO2. The van der Waals surface area contributed by atoms with Gasteiger partial charge in [0.05, 0.1) is 6.54 Å². The first-order valence-corrected chi connectivity index (χ1v) is 5.33. The number of carbonyl (C=O) groups is 2. The van der Waals surface area contributed by atoms with E-state index in [1.807, 2.05) is 23.5 Å². The quantitative estimate of drug-likeness (QED) is 0.681. The van der Waals surface area contributed by atoms with Crippen molar-refractivity contribution in [2.24, 2.45) is 5.73 Å². The zero-order chi connectivity index (χ0) is 13.0. The van der Waals surface area contributed by atoms with Crippen LogP contribution in [0.4, 0.5) is 4.79 Å². The molecule has 1 aromatic carbocycles. The summed E-state index contributed by atoms with van der Waals surface area (Å²) in [5.74, 6) is 0.935. The zero-order valence-electron chi connectivity index (χ0n) is 9.56. The predicted molar refractivity (Wildman–Crippen MR) is 62.0 cm³/mol. The normalized spacial score (nSPS) is 12.2. The number of ether oxygens (including phenoxy) is 2. The Morgan fingerprint density at radius 2 is 2.06 bits per heavy atom. The summed E-state index contributed by atoms with van der Waals surface area (Å²) in [6, 6.07) is 4.65. The van der Waals surface area contributed by atoms with Gasteiger partial charge in [0.2, 0.25) is 12.7 Å². The van der Waals surface area contributed by atoms with Gasteiger partial charge in [-0.3, -0.25) is 10.1 Å². The summed E-state index contributed by atoms with van der Waals surface area (Å²) in [5, 5.41) is 4.85. The number of benzene rings is 1. The summed E-state index contributed by atoms with van der Waals surface area (Å²) in [6.07, 6.45) is 0. The van der Waals surface area contributed by atoms with E-state index in [4.69, 9.17) is 15.2 Å². The van der Waals surface area contributed by atoms with Crippen molar-refractivity contribution in [3.05, 3.63) is 23.8 Å². The van der Waals surface area contributed by atoms with Crippen LogP contribution in [0.2, 0.25) is 0 Å². The van der Waals surface area contributed by atoms with Gasteiger partial charge in [0, 0.05) is 6.54 Å². The number of rotatable bonds is 4. The van der Waals surface area contributed by atoms with Crippen molar-refractivity contribution in [1.82, 2.24) is 10.6 Å². The molecule has 1 aliphatic heterocycles. The topological polar surface area (TPSA) is 103 Å². The van der Waals surface area contributed by atoms with E-state index in [-0.39, 0.29) is 13.3 Å². The molecule has 96 valence electrons. The second kappa shape index (κ2) is 5.37. The number of amides is 3. The molecule has 7 heteroatoms. The largest absolute Gasteiger partial charge is 0.454 e. The molecule has 0 fully saturated rings. The molecule has 4 N–H and O–H groups in total. The summed E-state index contributed by atoms with van der Waals surface area (Å²) in [7, 11) is 0. The molecule has 0 unspecified atom stereocenters. The molecular weight excluding hydrogens is 238 g/mol. The minimum atomic E-state index is -0.857. The fraction of sp³-hybridized carbons (Fsp3) is 0.273. The van der Waals surface area contributed by atoms with Crippen molar-refractivity contribution >= 4 is 11.9 Å². The summed E-state index contributed by atoms with van der Waals surface area (Å²) in [6.45, 7) is 0.716. The van der Waals surface area contributed by atoms with Crippen LogP contribution in [-0.2, 0) is 11.3 Å². The summed E-state index contributed by atoms with van der Waals surface area (Å²) < 4.78 is 10.4. The molecule has 0 saturated carbocycles. The molecule has 0 radical (unpaired) electrons. The maximum Gasteiger partial charge on any atom is 0.318 e. The summed E-state index contributed by atoms with van der Waals surface area (Å²) in [4.78, 5) is 21.5. The number of nitrogens with one attached hydrogen (secondary N) is 2. The van der Waals surface area contributed by atoms with Gasteiger partial charge in [0.1, 0.15) is 0 Å². The van der Waals surface area contributed by atoms with Gasteiger partial charge in [0.15, 0.2) is 11.5 Å². The molecule has 0 aliphatic carbocycles. The third-order valence-corrected chi connectivity index (χ3v) is 2.31. The number of fused-ring (bicyclic) bond motifs is 1. The van der Waals surface area contributed by atoms with Crippen molar-refractivity contribution in [3.63, 3.8) is 0 Å². The van der Waals surface area contributed by atoms with Crippen LogP contribution in [0.1, 0.15) is 5.56 Å². The van der Waals surface area contributed by atoms with E-state index < -0.39 is 11.9 Å². The van der Waals surface area contributed by atoms with Gasteiger partial charge < -0.3 is 20.5 Å². The number of primary amides is 1. The standard InChI is InChI=1S/C11H13N3O4/c12-11(16)14-10(15)5-13-4-7-1-2-8-9(3-7)18-6-17-8/h1-3,13H,4-6H2,(H3,12,14,15,16). The van der Waals surface area contributed by atoms with Crippen molar-refractivity contribution in [1.29, 1.82) is 0 Å². The Kier molecular flexibility index (Phi) is 3.63. The lowest BCUT2D eigenvalue weighted by molar-refractivity contribution is -0.119. The molecule has 18 heavy (non-hydrogen) atoms. The van der Waals surface area contributed by atoms with Gasteiger partial charge in [-0.1, -0.05) is 6.07 Å². The molecule has 0 aromatic heterocycles. The summed E-state index contributed by atoms with van der Waals surface area (Å²) in [5.41, 5.74) is 5.76. The highest BCUT2D eigenvalue weighted by atomic mass is 16.7. The zero-order valence-corrected chi connectivity index (χ0v) is 9.56. The molecule has 2 rings (SSSR count). The minimum absolute atomic E-state index is 0.0113. The first kappa shape index (κ1) is 12.2. The van der Waals surface area contributed by atoms with Crippen LogP contribution in [0.3, 0.4) is 0 Å². The first-order valence-electron chi connectivity index (χ1n) is 5.33. The highest BCUT2D eigenvalue weighted by Gasteiger charge is 2.13. The van der Waals surface area contributed by atoms with Gasteiger partial charge in [-0.25, -0.2) is 4.79 Å². The molecule has 0 spiro atoms. The average Bonchev–Trinajstić information content (AvgIpc) is 2.75. The van der Waals surface area contributed by atoms with Gasteiger partial charge in [-0.15, -0.1) is 0 Å². The average molecular weight is 251 g/mol. The van der Waals surface area contributed by atoms with Crippen LogP contribution in [0.25, 0.3) is 0 Å². The fourth-order valence-corrected chi connectivity index (χ4v) is 1.55. The van der Waals surface area contributed by atoms with Crippen molar-refractivity contribution in [3.8, 4) is 11.5 Å². The van der Waals surface area contributed by atoms with Crippen LogP contribution in [0.5, 0.6) is 11.5 Å². The predicted octanol–water partition coefficient (Wildman–Crippen LogP) is -0.300. The summed E-state index contributed by atoms with van der Waals surface area (Å²) >= 11 is 0. The Bertz CT molecular complexity index is 475. The molecule has 0 atom stereocenters. The lowest BCUT2D eigenvalue weighted by Crippen LogP contribution is -2.40. The maximum absolute atomic E-state index is 11.1. The monoisotopic (exact) mass is 251 g/mol. The van der Waals surface area contributed by atoms with Gasteiger partial charge >= 0.3 is 6.03 Å². The number of imide groups is 1. The van der Waals surface area contributed by atoms with Crippen LogP contribution in [-0.4, -0.2) is 25.3 Å². The number of urea groups is 1. The number of hydrogen-bond acceptors (Lipinski definition) is 5. The van der Waals surface area contributed by atoms with Crippen molar-refractivity contribution in [2.45, 2.75) is 6.54 Å². The lowest BCUT2D eigenvalue weighted by Gasteiger charge is -2.05. The third-order valence-electron chi connectivity index (χ3n) is 2.31. The molecular formula is C11H13N3O4. The first-order chi connectivity index (χ1) is 8.65. The van der Waals surface area contributed by atoms with Gasteiger partial charge in [-0.2, -0.15) is 0 Å². The van der Waals surface area contributed by atoms with Gasteiger partial charge in [-0.05, 0) is 17.7 Å². The van der Waals surface area contributed by atoms with Crippen LogP contribution in [0.15, 0.2) is 18.2 Å². The Hall–Kier alpha value is -2.28. The second-order valence-corrected chi connectivity index (χ2v) is 3.70. The smallest absolute Gasteiger partial charge is 0.318 e. The molecule has 1 aliphatic rings. The Morgan fingerprint density at radius 1 is 1.28 bits per heavy atom. The minimum Gasteiger partial charge on any atom is -0.454 e. The number of nitrogens with two attached hydrogens (primary N) is 1. The van der Waals surface area contributed by atoms with E-state index in [0.717, 1.165) is 5.56 Å². The third kappa shape index (κ3) is 3.11. The highest BCUT2D eigenvalue weighted by molar-refractivity contribution is 5.94. The van der Waals surface area contributed by atoms with E-state index >= 15 is 0 Å². The number of hydrogen-bond donors (Lipinski definition) is 3. The maximum atomic E-state index is 11.1. The van der Waals surface area contributed by atoms with Crippen molar-refractivity contribution in [2.75, 3.05) is 13.3 Å². The molecule has 3 amide bonds. The second-order valence-electron chi connectivity index (χ2n) is 3.70. The van der Waals surface area contributed by atoms with E-state index in [0.29, 0.717) is 18.0 Å². The number of carbonyl (C=O) groups excluding carboxylic acids is 2. The van der Waals surface area contributed by atoms with E-state index in [1.54, 1.807) is 0 Å². The Morgan fingerprint density at radius 3 is 2.83 bits per heavy atom. The molecule has 7 nitrogen and oxygen atoms in total. The van der Waals surface area contributed by atoms with Crippen molar-refractivity contribution < 1.29 is 19.1 Å². The van der Waals surface area contributed by atoms with E-state index in [9.17, 15) is 9.59 Å². The molecule has 0 saturated heterocycles. The fourth-order valence-electron chi connectivity index (χ4n) is 1.55.